The molecule has 0 spiro atoms. The van der Waals surface area contributed by atoms with Gasteiger partial charge in [0.05, 0.1) is 33.6 Å². The zero-order valence-corrected chi connectivity index (χ0v) is 55.0. The Bertz CT molecular complexity index is 5740. The van der Waals surface area contributed by atoms with Gasteiger partial charge in [0.15, 0.2) is 0 Å². The quantitative estimate of drug-likeness (QED) is 0.113. The van der Waals surface area contributed by atoms with Crippen molar-refractivity contribution in [3.63, 3.8) is 0 Å². The molecule has 4 nitrogen and oxygen atoms in total. The Hall–Kier alpha value is -12.5. The van der Waals surface area contributed by atoms with E-state index in [1.807, 2.05) is 11.3 Å². The molecule has 1 aromatic heterocycles. The van der Waals surface area contributed by atoms with E-state index in [1.165, 1.54) is 86.2 Å². The Morgan fingerprint density at radius 2 is 0.545 bits per heavy atom. The Kier molecular flexibility index (Phi) is 13.8. The van der Waals surface area contributed by atoms with Crippen LogP contribution in [0.5, 0.6) is 0 Å². The summed E-state index contributed by atoms with van der Waals surface area (Å²) in [7, 11) is 0. The molecule has 3 heterocycles. The summed E-state index contributed by atoms with van der Waals surface area (Å²) < 4.78 is 2.54. The van der Waals surface area contributed by atoms with Crippen molar-refractivity contribution in [2.75, 3.05) is 19.6 Å². The first-order chi connectivity index (χ1) is 49.1. The maximum absolute atomic E-state index is 2.54. The average Bonchev–Trinajstić information content (AvgIpc) is 1.46. The molecule has 5 heteroatoms. The monoisotopic (exact) mass is 1280 g/mol. The van der Waals surface area contributed by atoms with Gasteiger partial charge in [-0.15, -0.1) is 11.3 Å². The second kappa shape index (κ2) is 23.7. The molecule has 0 amide bonds. The van der Waals surface area contributed by atoms with Gasteiger partial charge in [-0.1, -0.05) is 243 Å². The molecule has 0 N–H and O–H groups in total. The molecule has 0 saturated carbocycles. The van der Waals surface area contributed by atoms with E-state index in [0.717, 1.165) is 68.2 Å². The van der Waals surface area contributed by atoms with Crippen LogP contribution in [-0.2, 0) is 10.8 Å². The second-order valence-electron chi connectivity index (χ2n) is 25.9. The van der Waals surface area contributed by atoms with Gasteiger partial charge < -0.3 is 19.6 Å². The molecule has 16 aromatic carbocycles. The van der Waals surface area contributed by atoms with E-state index < -0.39 is 10.8 Å². The number of benzene rings is 16. The number of hydrogen-bond donors (Lipinski definition) is 0. The third-order valence-corrected chi connectivity index (χ3v) is 21.8. The Morgan fingerprint density at radius 3 is 0.970 bits per heavy atom. The topological polar surface area (TPSA) is 13.0 Å². The van der Waals surface area contributed by atoms with Gasteiger partial charge in [-0.05, 0) is 212 Å². The fourth-order valence-electron chi connectivity index (χ4n) is 16.4. The first-order valence-corrected chi connectivity index (χ1v) is 34.9. The fraction of sp³-hybridized carbons (Fsp3) is 0.0213. The predicted octanol–water partition coefficient (Wildman–Crippen LogP) is 25.6. The van der Waals surface area contributed by atoms with Gasteiger partial charge in [0.2, 0.25) is 0 Å². The number of fused-ring (bicyclic) bond motifs is 9. The zero-order valence-electron chi connectivity index (χ0n) is 54.1. The van der Waals surface area contributed by atoms with Crippen molar-refractivity contribution in [2.45, 2.75) is 10.8 Å². The summed E-state index contributed by atoms with van der Waals surface area (Å²) in [6, 6.07) is 144. The van der Waals surface area contributed by atoms with Crippen LogP contribution in [0, 0.1) is 0 Å². The SMILES string of the molecule is c1ccc(N(c2ccccc2)c2ccc(C3(c4ccccc4)c4ccccc4N(c4ccc5cc6cc(N7c8ccccc8C(c8ccccc8)(c8ccc(N(c9ccccc9)c9ccccc9)cc8)c8cc9c(cc87)sc7ccccc79)ccc6cc5c4)c4ccccc43)cc2)cc1. The molecule has 1 atom stereocenters. The van der Waals surface area contributed by atoms with Crippen LogP contribution < -0.4 is 19.6 Å². The Morgan fingerprint density at radius 1 is 0.212 bits per heavy atom. The van der Waals surface area contributed by atoms with Gasteiger partial charge in [0.25, 0.3) is 0 Å². The first kappa shape index (κ1) is 57.9. The molecule has 17 aromatic rings. The summed E-state index contributed by atoms with van der Waals surface area (Å²) >= 11 is 1.87. The maximum atomic E-state index is 2.54. The Balaban J connectivity index is 0.738. The van der Waals surface area contributed by atoms with Crippen molar-refractivity contribution in [3.05, 3.63) is 433 Å². The highest BCUT2D eigenvalue weighted by Gasteiger charge is 2.49. The highest BCUT2D eigenvalue weighted by molar-refractivity contribution is 7.25. The van der Waals surface area contributed by atoms with Crippen LogP contribution in [0.4, 0.5) is 68.2 Å². The summed E-state index contributed by atoms with van der Waals surface area (Å²) in [4.78, 5) is 9.72. The molecular weight excluding hydrogens is 1220 g/mol. The van der Waals surface area contributed by atoms with E-state index >= 15 is 0 Å². The van der Waals surface area contributed by atoms with Gasteiger partial charge in [0.1, 0.15) is 0 Å². The summed E-state index contributed by atoms with van der Waals surface area (Å²) in [5.74, 6) is 0. The van der Waals surface area contributed by atoms with E-state index in [4.69, 9.17) is 0 Å². The van der Waals surface area contributed by atoms with Crippen LogP contribution in [0.3, 0.4) is 0 Å². The van der Waals surface area contributed by atoms with Crippen molar-refractivity contribution in [1.29, 1.82) is 0 Å². The van der Waals surface area contributed by atoms with E-state index in [2.05, 4.69) is 408 Å². The minimum Gasteiger partial charge on any atom is -0.311 e. The first-order valence-electron chi connectivity index (χ1n) is 34.0. The van der Waals surface area contributed by atoms with Crippen molar-refractivity contribution in [3.8, 4) is 0 Å². The molecule has 0 bridgehead atoms. The van der Waals surface area contributed by atoms with Crippen LogP contribution >= 0.6 is 11.3 Å². The molecule has 1 unspecified atom stereocenters. The van der Waals surface area contributed by atoms with Crippen molar-refractivity contribution in [2.24, 2.45) is 0 Å². The van der Waals surface area contributed by atoms with Crippen LogP contribution in [0.15, 0.2) is 388 Å². The molecule has 2 aliphatic heterocycles. The summed E-state index contributed by atoms with van der Waals surface area (Å²) in [6.07, 6.45) is 0. The lowest BCUT2D eigenvalue weighted by Gasteiger charge is -2.46. The molecule has 466 valence electrons. The van der Waals surface area contributed by atoms with E-state index in [1.54, 1.807) is 0 Å². The van der Waals surface area contributed by atoms with Crippen LogP contribution in [-0.4, -0.2) is 0 Å². The molecule has 19 rings (SSSR count). The highest BCUT2D eigenvalue weighted by atomic mass is 32.1. The van der Waals surface area contributed by atoms with Crippen LogP contribution in [0.2, 0.25) is 0 Å². The molecule has 0 radical (unpaired) electrons. The highest BCUT2D eigenvalue weighted by Crippen LogP contribution is 2.61. The average molecular weight is 1280 g/mol. The second-order valence-corrected chi connectivity index (χ2v) is 27.0. The number of nitrogens with zero attached hydrogens (tertiary/aromatic N) is 4. The summed E-state index contributed by atoms with van der Waals surface area (Å²) in [5.41, 5.74) is 21.8. The fourth-order valence-corrected chi connectivity index (χ4v) is 17.6. The molecule has 99 heavy (non-hydrogen) atoms. The number of anilines is 12. The van der Waals surface area contributed by atoms with Crippen molar-refractivity contribution < 1.29 is 0 Å². The van der Waals surface area contributed by atoms with Gasteiger partial charge >= 0.3 is 0 Å². The normalized spacial score (nSPS) is 14.3. The van der Waals surface area contributed by atoms with E-state index in [-0.39, 0.29) is 0 Å². The molecular formula is C94H64N4S. The third kappa shape index (κ3) is 9.27. The van der Waals surface area contributed by atoms with Crippen molar-refractivity contribution >= 4 is 121 Å². The summed E-state index contributed by atoms with van der Waals surface area (Å²) in [6.45, 7) is 0. The van der Waals surface area contributed by atoms with Crippen molar-refractivity contribution in [1.82, 2.24) is 0 Å². The van der Waals surface area contributed by atoms with Gasteiger partial charge in [-0.25, -0.2) is 0 Å². The predicted molar refractivity (Wildman–Crippen MR) is 417 cm³/mol. The maximum Gasteiger partial charge on any atom is 0.0742 e. The lowest BCUT2D eigenvalue weighted by atomic mass is 9.62. The molecule has 0 aliphatic carbocycles. The largest absolute Gasteiger partial charge is 0.311 e. The standard InChI is InChI=1S/C94H64N4S/c1-7-27-69(28-8-1)93(71-49-55-77(56-50-71)95(73-31-11-3-12-32-73)74-33-13-4-14-34-74)83-40-20-23-43-87(83)97(88-44-24-21-41-84(88)93)79-53-47-65-60-68-62-80(54-48-66(68)59-67(65)61-79)98-89-45-25-22-42-85(89)94(70-29-9-2-10-30-70,86-63-82-81-39-19-26-46-91(81)99-92(82)64-90(86)98)72-51-57-78(58-52-72)96(75-35-15-5-16-36-75)76-37-17-6-18-38-76/h1-64H. The molecule has 0 saturated heterocycles. The number of thiophene rings is 1. The van der Waals surface area contributed by atoms with E-state index in [9.17, 15) is 0 Å². The third-order valence-electron chi connectivity index (χ3n) is 20.7. The van der Waals surface area contributed by atoms with Gasteiger partial charge in [-0.3, -0.25) is 0 Å². The van der Waals surface area contributed by atoms with Crippen LogP contribution in [0.1, 0.15) is 44.5 Å². The van der Waals surface area contributed by atoms with E-state index in [0.29, 0.717) is 0 Å². The smallest absolute Gasteiger partial charge is 0.0742 e. The molecule has 2 aliphatic rings. The lowest BCUT2D eigenvalue weighted by Crippen LogP contribution is -2.37. The Labute approximate surface area is 580 Å². The number of rotatable bonds is 12. The number of para-hydroxylation sites is 7. The van der Waals surface area contributed by atoms with Crippen LogP contribution in [0.25, 0.3) is 41.7 Å². The minimum absolute atomic E-state index is 0.652. The van der Waals surface area contributed by atoms with Gasteiger partial charge in [0, 0.05) is 65.7 Å². The summed E-state index contributed by atoms with van der Waals surface area (Å²) in [5, 5.41) is 7.25. The minimum atomic E-state index is -0.716. The van der Waals surface area contributed by atoms with Gasteiger partial charge in [-0.2, -0.15) is 0 Å². The lowest BCUT2D eigenvalue weighted by molar-refractivity contribution is 0.731. The molecule has 0 fully saturated rings. The zero-order chi connectivity index (χ0) is 65.4. The number of hydrogen-bond acceptors (Lipinski definition) is 5.